The molecule has 21 heavy (non-hydrogen) atoms. The minimum atomic E-state index is -0.239. The lowest BCUT2D eigenvalue weighted by atomic mass is 10.3. The number of amides is 2. The van der Waals surface area contributed by atoms with Crippen LogP contribution in [0.15, 0.2) is 41.8 Å². The number of carbonyl (C=O) groups excluding carboxylic acids is 2. The van der Waals surface area contributed by atoms with Crippen molar-refractivity contribution in [1.29, 1.82) is 0 Å². The minimum Gasteiger partial charge on any atom is -0.332 e. The average molecular weight is 319 g/mol. The largest absolute Gasteiger partial charge is 0.332 e. The molecule has 0 radical (unpaired) electrons. The van der Waals surface area contributed by atoms with Crippen LogP contribution in [-0.4, -0.2) is 16.9 Å². The van der Waals surface area contributed by atoms with E-state index in [0.29, 0.717) is 10.6 Å². The van der Waals surface area contributed by atoms with Gasteiger partial charge < -0.3 is 10.6 Å². The van der Waals surface area contributed by atoms with E-state index >= 15 is 0 Å². The van der Waals surface area contributed by atoms with Gasteiger partial charge in [0.25, 0.3) is 5.91 Å². The van der Waals surface area contributed by atoms with E-state index in [9.17, 15) is 9.59 Å². The molecule has 1 aromatic carbocycles. The Morgan fingerprint density at radius 3 is 2.19 bits per heavy atom. The molecule has 108 valence electrons. The molecule has 0 fully saturated rings. The predicted molar refractivity (Wildman–Crippen MR) is 88.8 cm³/mol. The molecule has 2 amide bonds. The van der Waals surface area contributed by atoms with E-state index in [1.165, 1.54) is 18.3 Å². The lowest BCUT2D eigenvalue weighted by molar-refractivity contribution is -0.114. The number of nitrogens with one attached hydrogen (secondary N) is 3. The van der Waals surface area contributed by atoms with Gasteiger partial charge in [-0.2, -0.15) is 0 Å². The lowest BCUT2D eigenvalue weighted by Gasteiger charge is -2.09. The summed E-state index contributed by atoms with van der Waals surface area (Å²) < 4.78 is 0. The fraction of sp³-hybridized carbons (Fsp3) is 0.0714. The minimum absolute atomic E-state index is 0.130. The summed E-state index contributed by atoms with van der Waals surface area (Å²) in [6, 6.07) is 10.5. The van der Waals surface area contributed by atoms with Gasteiger partial charge in [-0.05, 0) is 47.9 Å². The highest BCUT2D eigenvalue weighted by atomic mass is 32.1. The fourth-order valence-electron chi connectivity index (χ4n) is 1.57. The molecule has 0 spiro atoms. The first-order valence-electron chi connectivity index (χ1n) is 6.08. The second-order valence-electron chi connectivity index (χ2n) is 4.14. The van der Waals surface area contributed by atoms with Gasteiger partial charge in [0.1, 0.15) is 0 Å². The van der Waals surface area contributed by atoms with Gasteiger partial charge in [-0.25, -0.2) is 0 Å². The molecule has 0 aliphatic carbocycles. The Morgan fingerprint density at radius 2 is 1.67 bits per heavy atom. The van der Waals surface area contributed by atoms with E-state index in [2.05, 4.69) is 16.0 Å². The van der Waals surface area contributed by atoms with Crippen LogP contribution in [0.2, 0.25) is 0 Å². The summed E-state index contributed by atoms with van der Waals surface area (Å²) >= 11 is 6.43. The molecule has 1 heterocycles. The van der Waals surface area contributed by atoms with Crippen LogP contribution in [0.4, 0.5) is 11.4 Å². The summed E-state index contributed by atoms with van der Waals surface area (Å²) in [7, 11) is 0. The highest BCUT2D eigenvalue weighted by Gasteiger charge is 2.08. The van der Waals surface area contributed by atoms with Crippen LogP contribution >= 0.6 is 23.6 Å². The number of benzene rings is 1. The molecule has 0 aliphatic rings. The van der Waals surface area contributed by atoms with Crippen molar-refractivity contribution in [2.24, 2.45) is 0 Å². The van der Waals surface area contributed by atoms with Gasteiger partial charge in [0.15, 0.2) is 5.11 Å². The quantitative estimate of drug-likeness (QED) is 0.761. The van der Waals surface area contributed by atoms with Crippen LogP contribution in [0, 0.1) is 0 Å². The number of thiophene rings is 1. The van der Waals surface area contributed by atoms with E-state index < -0.39 is 0 Å². The Hall–Kier alpha value is -2.25. The predicted octanol–water partition coefficient (Wildman–Crippen LogP) is 2.83. The van der Waals surface area contributed by atoms with Gasteiger partial charge in [-0.3, -0.25) is 14.9 Å². The normalized spacial score (nSPS) is 9.76. The fourth-order valence-corrected chi connectivity index (χ4v) is 2.40. The monoisotopic (exact) mass is 319 g/mol. The number of hydrogen-bond acceptors (Lipinski definition) is 4. The molecular formula is C14H13N3O2S2. The summed E-state index contributed by atoms with van der Waals surface area (Å²) in [5, 5.41) is 10.2. The second kappa shape index (κ2) is 6.96. The zero-order valence-electron chi connectivity index (χ0n) is 11.2. The highest BCUT2D eigenvalue weighted by Crippen LogP contribution is 2.13. The molecule has 1 aromatic heterocycles. The number of hydrogen-bond donors (Lipinski definition) is 3. The maximum Gasteiger partial charge on any atom is 0.267 e. The molecule has 0 saturated carbocycles. The molecule has 7 heteroatoms. The first kappa shape index (κ1) is 15.1. The molecule has 0 aliphatic heterocycles. The average Bonchev–Trinajstić information content (AvgIpc) is 2.94. The van der Waals surface area contributed by atoms with Gasteiger partial charge in [-0.1, -0.05) is 6.07 Å². The van der Waals surface area contributed by atoms with Crippen molar-refractivity contribution in [3.05, 3.63) is 46.7 Å². The van der Waals surface area contributed by atoms with E-state index in [4.69, 9.17) is 12.2 Å². The summed E-state index contributed by atoms with van der Waals surface area (Å²) in [5.41, 5.74) is 1.42. The molecule has 0 saturated heterocycles. The Morgan fingerprint density at radius 1 is 1.05 bits per heavy atom. The van der Waals surface area contributed by atoms with Crippen LogP contribution in [0.5, 0.6) is 0 Å². The Labute approximate surface area is 131 Å². The van der Waals surface area contributed by atoms with Crippen molar-refractivity contribution >= 4 is 51.9 Å². The third-order valence-electron chi connectivity index (χ3n) is 2.44. The van der Waals surface area contributed by atoms with Crippen molar-refractivity contribution < 1.29 is 9.59 Å². The number of thiocarbonyl (C=S) groups is 1. The van der Waals surface area contributed by atoms with Gasteiger partial charge in [0.2, 0.25) is 5.91 Å². The maximum absolute atomic E-state index is 11.8. The highest BCUT2D eigenvalue weighted by molar-refractivity contribution is 7.80. The molecule has 3 N–H and O–H groups in total. The van der Waals surface area contributed by atoms with Gasteiger partial charge in [0, 0.05) is 18.3 Å². The molecule has 2 aromatic rings. The van der Waals surface area contributed by atoms with Crippen LogP contribution in [0.1, 0.15) is 16.6 Å². The smallest absolute Gasteiger partial charge is 0.267 e. The second-order valence-corrected chi connectivity index (χ2v) is 5.50. The molecule has 0 bridgehead atoms. The number of rotatable bonds is 3. The number of carbonyl (C=O) groups is 2. The van der Waals surface area contributed by atoms with Crippen LogP contribution in [-0.2, 0) is 4.79 Å². The summed E-state index contributed by atoms with van der Waals surface area (Å²) in [5.74, 6) is -0.369. The van der Waals surface area contributed by atoms with Gasteiger partial charge >= 0.3 is 0 Å². The van der Waals surface area contributed by atoms with E-state index in [-0.39, 0.29) is 16.9 Å². The standard InChI is InChI=1S/C14H13N3O2S2/c1-9(18)15-10-4-6-11(7-5-10)16-14(20)17-13(19)12-3-2-8-21-12/h2-8H,1H3,(H,15,18)(H2,16,17,19,20). The third kappa shape index (κ3) is 4.66. The first-order valence-corrected chi connectivity index (χ1v) is 7.37. The maximum atomic E-state index is 11.8. The number of anilines is 2. The van der Waals surface area contributed by atoms with Crippen molar-refractivity contribution in [3.8, 4) is 0 Å². The SMILES string of the molecule is CC(=O)Nc1ccc(NC(=S)NC(=O)c2cccs2)cc1. The van der Waals surface area contributed by atoms with Crippen molar-refractivity contribution in [3.63, 3.8) is 0 Å². The topological polar surface area (TPSA) is 70.2 Å². The third-order valence-corrected chi connectivity index (χ3v) is 3.51. The summed E-state index contributed by atoms with van der Waals surface area (Å²) in [4.78, 5) is 23.3. The first-order chi connectivity index (χ1) is 10.0. The Balaban J connectivity index is 1.90. The molecule has 5 nitrogen and oxygen atoms in total. The Kier molecular flexibility index (Phi) is 5.02. The van der Waals surface area contributed by atoms with E-state index in [1.807, 2.05) is 5.38 Å². The van der Waals surface area contributed by atoms with Crippen molar-refractivity contribution in [2.45, 2.75) is 6.92 Å². The van der Waals surface area contributed by atoms with Crippen molar-refractivity contribution in [2.75, 3.05) is 10.6 Å². The summed E-state index contributed by atoms with van der Waals surface area (Å²) in [6.45, 7) is 1.45. The van der Waals surface area contributed by atoms with Crippen LogP contribution < -0.4 is 16.0 Å². The van der Waals surface area contributed by atoms with E-state index in [1.54, 1.807) is 36.4 Å². The zero-order valence-corrected chi connectivity index (χ0v) is 12.8. The molecule has 0 unspecified atom stereocenters. The van der Waals surface area contributed by atoms with Crippen molar-refractivity contribution in [1.82, 2.24) is 5.32 Å². The summed E-state index contributed by atoms with van der Waals surface area (Å²) in [6.07, 6.45) is 0. The van der Waals surface area contributed by atoms with Crippen LogP contribution in [0.25, 0.3) is 0 Å². The van der Waals surface area contributed by atoms with Crippen LogP contribution in [0.3, 0.4) is 0 Å². The lowest BCUT2D eigenvalue weighted by Crippen LogP contribution is -2.33. The van der Waals surface area contributed by atoms with E-state index in [0.717, 1.165) is 5.69 Å². The Bertz CT molecular complexity index is 651. The van der Waals surface area contributed by atoms with Gasteiger partial charge in [-0.15, -0.1) is 11.3 Å². The molecular weight excluding hydrogens is 306 g/mol. The zero-order chi connectivity index (χ0) is 15.2. The van der Waals surface area contributed by atoms with Gasteiger partial charge in [0.05, 0.1) is 4.88 Å². The molecule has 0 atom stereocenters. The molecule has 2 rings (SSSR count).